The van der Waals surface area contributed by atoms with Gasteiger partial charge in [-0.2, -0.15) is 0 Å². The van der Waals surface area contributed by atoms with Crippen LogP contribution in [0.4, 0.5) is 0 Å². The molecule has 10 heavy (non-hydrogen) atoms. The summed E-state index contributed by atoms with van der Waals surface area (Å²) in [5, 5.41) is 0. The molecule has 0 atom stereocenters. The van der Waals surface area contributed by atoms with E-state index in [1.165, 1.54) is 0 Å². The second-order valence-electron chi connectivity index (χ2n) is 1.03. The molecule has 0 aromatic carbocycles. The monoisotopic (exact) mass is 401 g/mol. The van der Waals surface area contributed by atoms with Crippen molar-refractivity contribution in [2.45, 2.75) is 6.92 Å². The maximum absolute atomic E-state index is 5.23. The van der Waals surface area contributed by atoms with Gasteiger partial charge in [-0.1, -0.05) is 35.4 Å². The van der Waals surface area contributed by atoms with Crippen LogP contribution in [0, 0.1) is 0 Å². The van der Waals surface area contributed by atoms with Crippen molar-refractivity contribution in [2.24, 2.45) is 0 Å². The first-order valence-electron chi connectivity index (χ1n) is 2.15. The summed E-state index contributed by atoms with van der Waals surface area (Å²) in [6.07, 6.45) is 5.24. The molecule has 0 rings (SSSR count). The van der Waals surface area contributed by atoms with Crippen LogP contribution in [0.5, 0.6) is 0 Å². The van der Waals surface area contributed by atoms with Gasteiger partial charge in [-0.15, -0.1) is 0 Å². The molecule has 0 saturated carbocycles. The van der Waals surface area contributed by atoms with E-state index >= 15 is 0 Å². The summed E-state index contributed by atoms with van der Waals surface area (Å²) in [6.45, 7) is 1.90. The third-order valence-electron chi connectivity index (χ3n) is 0.415. The van der Waals surface area contributed by atoms with Crippen LogP contribution >= 0.6 is 42.0 Å². The van der Waals surface area contributed by atoms with Gasteiger partial charge < -0.3 is 0 Å². The fraction of sp³-hybridized carbons (Fsp3) is 0.200. The molecule has 0 aromatic rings. The van der Waals surface area contributed by atoms with Crippen LogP contribution in [0.2, 0.25) is 0 Å². The molecular formula is C5H6Cl4Pt. The Morgan fingerprint density at radius 3 is 1.80 bits per heavy atom. The predicted molar refractivity (Wildman–Crippen MR) is 46.3 cm³/mol. The number of hydrogen-bond acceptors (Lipinski definition) is 0. The molecule has 0 nitrogen and oxygen atoms in total. The summed E-state index contributed by atoms with van der Waals surface area (Å²) in [6, 6.07) is 0. The molecule has 0 N–H and O–H groups in total. The zero-order chi connectivity index (χ0) is 8.41. The van der Waals surface area contributed by atoms with Gasteiger partial charge in [0.1, 0.15) is 4.49 Å². The molecule has 64 valence electrons. The van der Waals surface area contributed by atoms with Crippen molar-refractivity contribution in [3.63, 3.8) is 0 Å². The summed E-state index contributed by atoms with van der Waals surface area (Å²) in [5.41, 5.74) is 0. The summed E-state index contributed by atoms with van der Waals surface area (Å²) in [5.74, 6) is 0. The Morgan fingerprint density at radius 1 is 1.30 bits per heavy atom. The van der Waals surface area contributed by atoms with Crippen molar-refractivity contribution < 1.29 is 16.5 Å². The van der Waals surface area contributed by atoms with Gasteiger partial charge in [-0.25, -0.2) is 0 Å². The van der Waals surface area contributed by atoms with E-state index in [1.807, 2.05) is 13.0 Å². The van der Waals surface area contributed by atoms with E-state index in [4.69, 9.17) is 42.0 Å². The van der Waals surface area contributed by atoms with E-state index in [0.29, 0.717) is 0 Å². The Balaban J connectivity index is 0. The van der Waals surface area contributed by atoms with E-state index in [1.54, 1.807) is 12.2 Å². The van der Waals surface area contributed by atoms with Crippen molar-refractivity contribution in [3.8, 4) is 0 Å². The third-order valence-corrected chi connectivity index (χ3v) is 0.667. The van der Waals surface area contributed by atoms with Gasteiger partial charge in [0.2, 0.25) is 0 Å². The SMILES string of the molecule is CC=CC=C(Cl)Cl.[Cl][Pt][Cl]. The average Bonchev–Trinajstić information content (AvgIpc) is 1.85. The number of hydrogen-bond donors (Lipinski definition) is 0. The predicted octanol–water partition coefficient (Wildman–Crippen LogP) is 4.26. The van der Waals surface area contributed by atoms with Gasteiger partial charge >= 0.3 is 35.3 Å². The molecule has 0 amide bonds. The first-order valence-corrected chi connectivity index (χ1v) is 8.54. The van der Waals surface area contributed by atoms with Crippen LogP contribution in [-0.4, -0.2) is 0 Å². The van der Waals surface area contributed by atoms with Gasteiger partial charge in [0.15, 0.2) is 0 Å². The third kappa shape index (κ3) is 22.8. The van der Waals surface area contributed by atoms with Crippen LogP contribution in [0.1, 0.15) is 6.92 Å². The number of allylic oxidation sites excluding steroid dienone is 3. The zero-order valence-electron chi connectivity index (χ0n) is 5.06. The second-order valence-corrected chi connectivity index (χ2v) is 5.32. The van der Waals surface area contributed by atoms with Crippen LogP contribution in [0.25, 0.3) is 0 Å². The van der Waals surface area contributed by atoms with E-state index < -0.39 is 16.5 Å². The molecule has 0 aliphatic rings. The quantitative estimate of drug-likeness (QED) is 0.575. The van der Waals surface area contributed by atoms with E-state index in [0.717, 1.165) is 0 Å². The molecule has 0 radical (unpaired) electrons. The summed E-state index contributed by atoms with van der Waals surface area (Å²) < 4.78 is 0.290. The molecule has 0 aliphatic heterocycles. The Hall–Kier alpha value is 1.33. The van der Waals surface area contributed by atoms with Gasteiger partial charge in [0.05, 0.1) is 0 Å². The molecule has 0 fully saturated rings. The van der Waals surface area contributed by atoms with E-state index in [-0.39, 0.29) is 4.49 Å². The Bertz CT molecular complexity index is 106. The van der Waals surface area contributed by atoms with Crippen LogP contribution in [0.15, 0.2) is 22.7 Å². The second kappa shape index (κ2) is 13.0. The molecule has 0 bridgehead atoms. The average molecular weight is 403 g/mol. The summed E-state index contributed by atoms with van der Waals surface area (Å²) >= 11 is 9.99. The molecule has 0 saturated heterocycles. The molecule has 0 unspecified atom stereocenters. The van der Waals surface area contributed by atoms with Crippen molar-refractivity contribution in [1.82, 2.24) is 0 Å². The summed E-state index contributed by atoms with van der Waals surface area (Å²) in [4.78, 5) is 0. The zero-order valence-corrected chi connectivity index (χ0v) is 10.4. The van der Waals surface area contributed by atoms with Crippen molar-refractivity contribution in [1.29, 1.82) is 0 Å². The minimum absolute atomic E-state index is 0.290. The van der Waals surface area contributed by atoms with E-state index in [2.05, 4.69) is 0 Å². The van der Waals surface area contributed by atoms with Gasteiger partial charge in [-0.3, -0.25) is 0 Å². The maximum atomic E-state index is 5.23. The first kappa shape index (κ1) is 13.9. The molecule has 5 heteroatoms. The van der Waals surface area contributed by atoms with Gasteiger partial charge in [0, 0.05) is 0 Å². The van der Waals surface area contributed by atoms with Gasteiger partial charge in [-0.05, 0) is 13.0 Å². The fourth-order valence-corrected chi connectivity index (χ4v) is 0.314. The summed E-state index contributed by atoms with van der Waals surface area (Å²) in [7, 11) is 9.75. The first-order chi connectivity index (χ1) is 4.68. The minimum atomic E-state index is -0.472. The van der Waals surface area contributed by atoms with Crippen molar-refractivity contribution in [2.75, 3.05) is 0 Å². The normalized spacial score (nSPS) is 8.90. The molecule has 0 spiro atoms. The number of rotatable bonds is 1. The number of halogens is 4. The van der Waals surface area contributed by atoms with Gasteiger partial charge in [0.25, 0.3) is 0 Å². The topological polar surface area (TPSA) is 0 Å². The Kier molecular flexibility index (Phi) is 18.0. The fourth-order valence-electron chi connectivity index (χ4n) is 0.169. The van der Waals surface area contributed by atoms with Crippen LogP contribution in [0.3, 0.4) is 0 Å². The molecule has 0 aromatic heterocycles. The van der Waals surface area contributed by atoms with Crippen LogP contribution < -0.4 is 0 Å². The Labute approximate surface area is 87.6 Å². The van der Waals surface area contributed by atoms with Crippen molar-refractivity contribution in [3.05, 3.63) is 22.7 Å². The Morgan fingerprint density at radius 2 is 1.70 bits per heavy atom. The van der Waals surface area contributed by atoms with Crippen LogP contribution in [-0.2, 0) is 16.5 Å². The molecule has 0 aliphatic carbocycles. The molecule has 0 heterocycles. The van der Waals surface area contributed by atoms with E-state index in [9.17, 15) is 0 Å². The standard InChI is InChI=1S/C5H6Cl2.2ClH.Pt/c1-2-3-4-5(6)7;;;/h2-4H,1H3;2*1H;/q;;;+2/p-2. The molecular weight excluding hydrogens is 397 g/mol. The van der Waals surface area contributed by atoms with Crippen molar-refractivity contribution >= 4 is 42.0 Å².